The van der Waals surface area contributed by atoms with Crippen LogP contribution in [0.4, 0.5) is 0 Å². The van der Waals surface area contributed by atoms with Crippen LogP contribution < -0.4 is 0 Å². The molecule has 0 aliphatic heterocycles. The Morgan fingerprint density at radius 1 is 1.67 bits per heavy atom. The van der Waals surface area contributed by atoms with Crippen LogP contribution in [-0.4, -0.2) is 14.7 Å². The maximum Gasteiger partial charge on any atom is 0.170 e. The second-order valence-corrected chi connectivity index (χ2v) is 9.20. The van der Waals surface area contributed by atoms with Crippen molar-refractivity contribution >= 4 is 36.9 Å². The summed E-state index contributed by atoms with van der Waals surface area (Å²) in [5.41, 5.74) is 0.00935. The van der Waals surface area contributed by atoms with Gasteiger partial charge in [-0.2, -0.15) is 0 Å². The van der Waals surface area contributed by atoms with Crippen molar-refractivity contribution in [3.63, 3.8) is 0 Å². The molecule has 1 unspecified atom stereocenters. The zero-order chi connectivity index (χ0) is 5.21. The molecule has 0 rings (SSSR count). The fraction of sp³-hybridized carbons (Fsp3) is 1.00. The Bertz CT molecular complexity index is 116. The van der Waals surface area contributed by atoms with Gasteiger partial charge in [0.1, 0.15) is 0 Å². The minimum atomic E-state index is -2.65. The van der Waals surface area contributed by atoms with E-state index in [1.807, 2.05) is 22.0 Å². The van der Waals surface area contributed by atoms with Crippen LogP contribution in [0.3, 0.4) is 0 Å². The van der Waals surface area contributed by atoms with Gasteiger partial charge in [0.05, 0.1) is 5.43 Å². The van der Waals surface area contributed by atoms with Gasteiger partial charge in [-0.05, 0) is 22.0 Å². The van der Waals surface area contributed by atoms with Crippen LogP contribution >= 0.6 is 27.5 Å². The van der Waals surface area contributed by atoms with Crippen LogP contribution in [0.15, 0.2) is 0 Å². The molecule has 0 aliphatic carbocycles. The SMILES string of the molecule is CS(=O)(=O)PI. The van der Waals surface area contributed by atoms with Crippen molar-refractivity contribution in [2.75, 3.05) is 6.26 Å². The monoisotopic (exact) mass is 238 g/mol. The summed E-state index contributed by atoms with van der Waals surface area (Å²) in [6.07, 6.45) is 1.22. The Labute approximate surface area is 51.6 Å². The third-order valence-corrected chi connectivity index (χ3v) is 8.46. The molecule has 0 aromatic carbocycles. The standard InChI is InChI=1S/CH4IO2PS/c1-6(3,4)5-2/h5H,1H3. The second kappa shape index (κ2) is 2.43. The van der Waals surface area contributed by atoms with Crippen molar-refractivity contribution in [2.24, 2.45) is 0 Å². The molecule has 0 fully saturated rings. The predicted octanol–water partition coefficient (Wildman–Crippen LogP) is 0.975. The summed E-state index contributed by atoms with van der Waals surface area (Å²) in [6, 6.07) is 0. The lowest BCUT2D eigenvalue weighted by Gasteiger charge is -1.79. The summed E-state index contributed by atoms with van der Waals surface area (Å²) >= 11 is 1.83. The molecule has 0 radical (unpaired) electrons. The minimum Gasteiger partial charge on any atom is -0.224 e. The summed E-state index contributed by atoms with van der Waals surface area (Å²) in [7, 11) is -2.65. The summed E-state index contributed by atoms with van der Waals surface area (Å²) in [4.78, 5) is 0. The first-order valence-corrected chi connectivity index (χ1v) is 7.87. The summed E-state index contributed by atoms with van der Waals surface area (Å²) < 4.78 is 20.0. The predicted molar refractivity (Wildman–Crippen MR) is 37.2 cm³/mol. The molecular formula is CH4IO2PS. The molecule has 0 aliphatic rings. The maximum atomic E-state index is 10.0. The Morgan fingerprint density at radius 2 is 1.83 bits per heavy atom. The van der Waals surface area contributed by atoms with Gasteiger partial charge in [0.15, 0.2) is 9.46 Å². The molecule has 0 saturated heterocycles. The summed E-state index contributed by atoms with van der Waals surface area (Å²) in [6.45, 7) is 0. The topological polar surface area (TPSA) is 34.1 Å². The van der Waals surface area contributed by atoms with Gasteiger partial charge in [0.2, 0.25) is 0 Å². The van der Waals surface area contributed by atoms with Gasteiger partial charge in [0, 0.05) is 6.26 Å². The van der Waals surface area contributed by atoms with Gasteiger partial charge in [-0.15, -0.1) is 0 Å². The fourth-order valence-corrected chi connectivity index (χ4v) is 0. The first kappa shape index (κ1) is 7.11. The molecule has 0 saturated carbocycles. The van der Waals surface area contributed by atoms with Crippen molar-refractivity contribution in [1.29, 1.82) is 0 Å². The molecule has 0 spiro atoms. The molecule has 6 heavy (non-hydrogen) atoms. The third-order valence-electron chi connectivity index (χ3n) is 0.140. The maximum absolute atomic E-state index is 10.0. The molecule has 0 heterocycles. The van der Waals surface area contributed by atoms with Gasteiger partial charge in [-0.25, -0.2) is 8.42 Å². The van der Waals surface area contributed by atoms with Gasteiger partial charge in [0.25, 0.3) is 0 Å². The van der Waals surface area contributed by atoms with Crippen molar-refractivity contribution in [3.8, 4) is 0 Å². The molecule has 0 aromatic rings. The highest BCUT2D eigenvalue weighted by atomic mass is 127. The lowest BCUT2D eigenvalue weighted by Crippen LogP contribution is -1.77. The van der Waals surface area contributed by atoms with Crippen LogP contribution in [0.2, 0.25) is 0 Å². The van der Waals surface area contributed by atoms with Crippen molar-refractivity contribution in [2.45, 2.75) is 0 Å². The normalized spacial score (nSPS) is 13.7. The van der Waals surface area contributed by atoms with Gasteiger partial charge in [-0.1, -0.05) is 0 Å². The van der Waals surface area contributed by atoms with Crippen molar-refractivity contribution in [3.05, 3.63) is 0 Å². The summed E-state index contributed by atoms with van der Waals surface area (Å²) in [5.74, 6) is 0. The van der Waals surface area contributed by atoms with Crippen LogP contribution in [0.25, 0.3) is 0 Å². The fourth-order valence-electron chi connectivity index (χ4n) is 0. The van der Waals surface area contributed by atoms with E-state index in [2.05, 4.69) is 0 Å². The van der Waals surface area contributed by atoms with E-state index in [0.29, 0.717) is 0 Å². The third kappa shape index (κ3) is 5.11. The molecular weight excluding hydrogens is 234 g/mol. The molecule has 0 aromatic heterocycles. The van der Waals surface area contributed by atoms with Gasteiger partial charge >= 0.3 is 0 Å². The quantitative estimate of drug-likeness (QED) is 0.504. The van der Waals surface area contributed by atoms with Crippen molar-refractivity contribution in [1.82, 2.24) is 0 Å². The Kier molecular flexibility index (Phi) is 2.87. The smallest absolute Gasteiger partial charge is 0.170 e. The molecule has 1 atom stereocenters. The van der Waals surface area contributed by atoms with E-state index in [1.165, 1.54) is 6.26 Å². The van der Waals surface area contributed by atoms with E-state index in [9.17, 15) is 8.42 Å². The average Bonchev–Trinajstić information content (AvgIpc) is 1.35. The number of rotatable bonds is 1. The largest absolute Gasteiger partial charge is 0.224 e. The van der Waals surface area contributed by atoms with E-state index >= 15 is 0 Å². The minimum absolute atomic E-state index is 0.00935. The van der Waals surface area contributed by atoms with Gasteiger partial charge < -0.3 is 0 Å². The molecule has 2 nitrogen and oxygen atoms in total. The van der Waals surface area contributed by atoms with Crippen LogP contribution in [0, 0.1) is 0 Å². The molecule has 38 valence electrons. The summed E-state index contributed by atoms with van der Waals surface area (Å²) in [5, 5.41) is 0. The molecule has 5 heteroatoms. The van der Waals surface area contributed by atoms with E-state index in [0.717, 1.165) is 0 Å². The highest BCUT2D eigenvalue weighted by molar-refractivity contribution is 14.2. The molecule has 0 bridgehead atoms. The number of hydrogen-bond donors (Lipinski definition) is 0. The first-order valence-electron chi connectivity index (χ1n) is 1.13. The Hall–Kier alpha value is 1.11. The molecule has 0 N–H and O–H groups in total. The van der Waals surface area contributed by atoms with E-state index in [-0.39, 0.29) is 5.43 Å². The van der Waals surface area contributed by atoms with E-state index < -0.39 is 9.46 Å². The number of hydrogen-bond acceptors (Lipinski definition) is 2. The second-order valence-electron chi connectivity index (χ2n) is 0.849. The zero-order valence-electron chi connectivity index (χ0n) is 3.10. The zero-order valence-corrected chi connectivity index (χ0v) is 7.08. The van der Waals surface area contributed by atoms with E-state index in [4.69, 9.17) is 0 Å². The van der Waals surface area contributed by atoms with E-state index in [1.54, 1.807) is 0 Å². The molecule has 0 amide bonds. The van der Waals surface area contributed by atoms with Crippen LogP contribution in [0.1, 0.15) is 0 Å². The Balaban J connectivity index is 3.85. The average molecular weight is 238 g/mol. The highest BCUT2D eigenvalue weighted by Gasteiger charge is 1.92. The van der Waals surface area contributed by atoms with Crippen molar-refractivity contribution < 1.29 is 8.42 Å². The Morgan fingerprint density at radius 3 is 1.83 bits per heavy atom. The lowest BCUT2D eigenvalue weighted by molar-refractivity contribution is 0.615. The van der Waals surface area contributed by atoms with Crippen LogP contribution in [0.5, 0.6) is 0 Å². The first-order chi connectivity index (χ1) is 2.56. The lowest BCUT2D eigenvalue weighted by atomic mass is 12.0. The van der Waals surface area contributed by atoms with Crippen LogP contribution in [-0.2, 0) is 9.46 Å². The number of halogens is 1. The van der Waals surface area contributed by atoms with Gasteiger partial charge in [-0.3, -0.25) is 0 Å². The highest BCUT2D eigenvalue weighted by Crippen LogP contribution is 2.27.